The van der Waals surface area contributed by atoms with E-state index in [1.807, 2.05) is 36.9 Å². The number of nitrogens with zero attached hydrogens (tertiary/aromatic N) is 1. The van der Waals surface area contributed by atoms with Crippen LogP contribution in [-0.2, 0) is 11.3 Å². The minimum atomic E-state index is -0.0190. The van der Waals surface area contributed by atoms with Crippen molar-refractivity contribution in [3.8, 4) is 0 Å². The Bertz CT molecular complexity index is 376. The van der Waals surface area contributed by atoms with E-state index in [0.29, 0.717) is 13.0 Å². The maximum atomic E-state index is 12.3. The molecule has 0 aliphatic carbocycles. The van der Waals surface area contributed by atoms with Gasteiger partial charge >= 0.3 is 0 Å². The van der Waals surface area contributed by atoms with Crippen LogP contribution < -0.4 is 5.73 Å². The number of carbonyl (C=O) groups is 1. The molecule has 1 aromatic carbocycles. The lowest BCUT2D eigenvalue weighted by molar-refractivity contribution is -0.134. The summed E-state index contributed by atoms with van der Waals surface area (Å²) in [6.45, 7) is 6.85. The predicted molar refractivity (Wildman–Crippen MR) is 79.6 cm³/mol. The van der Waals surface area contributed by atoms with Crippen molar-refractivity contribution in [1.82, 2.24) is 4.90 Å². The highest BCUT2D eigenvalue weighted by Gasteiger charge is 2.19. The smallest absolute Gasteiger partial charge is 0.224 e. The zero-order valence-corrected chi connectivity index (χ0v) is 12.3. The molecule has 106 valence electrons. The van der Waals surface area contributed by atoms with Crippen molar-refractivity contribution in [1.29, 1.82) is 0 Å². The zero-order chi connectivity index (χ0) is 14.3. The molecule has 0 spiro atoms. The lowest BCUT2D eigenvalue weighted by Crippen LogP contribution is -2.39. The first-order chi connectivity index (χ1) is 9.04. The van der Waals surface area contributed by atoms with Crippen LogP contribution in [0.5, 0.6) is 0 Å². The van der Waals surface area contributed by atoms with Crippen LogP contribution in [0.2, 0.25) is 0 Å². The molecule has 0 fully saturated rings. The molecule has 1 rings (SSSR count). The van der Waals surface area contributed by atoms with Gasteiger partial charge in [-0.05, 0) is 25.8 Å². The summed E-state index contributed by atoms with van der Waals surface area (Å²) < 4.78 is 0. The fraction of sp³-hybridized carbons (Fsp3) is 0.562. The Morgan fingerprint density at radius 2 is 1.89 bits per heavy atom. The van der Waals surface area contributed by atoms with Crippen LogP contribution in [0.4, 0.5) is 0 Å². The Morgan fingerprint density at radius 1 is 1.26 bits per heavy atom. The first kappa shape index (κ1) is 15.7. The van der Waals surface area contributed by atoms with Crippen molar-refractivity contribution in [3.63, 3.8) is 0 Å². The van der Waals surface area contributed by atoms with Gasteiger partial charge in [0.1, 0.15) is 0 Å². The molecular formula is C16H26N2O. The van der Waals surface area contributed by atoms with E-state index in [9.17, 15) is 4.79 Å². The third-order valence-electron chi connectivity index (χ3n) is 3.24. The Labute approximate surface area is 116 Å². The molecule has 0 saturated carbocycles. The van der Waals surface area contributed by atoms with Crippen LogP contribution in [0.15, 0.2) is 30.3 Å². The minimum Gasteiger partial charge on any atom is -0.336 e. The highest BCUT2D eigenvalue weighted by Crippen LogP contribution is 2.11. The Kier molecular flexibility index (Phi) is 6.57. The summed E-state index contributed by atoms with van der Waals surface area (Å²) in [5.74, 6) is 0.153. The second-order valence-electron chi connectivity index (χ2n) is 5.35. The molecular weight excluding hydrogens is 236 g/mol. The van der Waals surface area contributed by atoms with Gasteiger partial charge in [-0.1, -0.05) is 43.7 Å². The van der Waals surface area contributed by atoms with Gasteiger partial charge < -0.3 is 10.6 Å². The van der Waals surface area contributed by atoms with Gasteiger partial charge in [0.25, 0.3) is 0 Å². The first-order valence-electron chi connectivity index (χ1n) is 7.13. The Morgan fingerprint density at radius 3 is 2.42 bits per heavy atom. The largest absolute Gasteiger partial charge is 0.336 e. The highest BCUT2D eigenvalue weighted by atomic mass is 16.2. The van der Waals surface area contributed by atoms with E-state index < -0.39 is 0 Å². The molecule has 19 heavy (non-hydrogen) atoms. The predicted octanol–water partition coefficient (Wildman–Crippen LogP) is 2.94. The third kappa shape index (κ3) is 5.43. The van der Waals surface area contributed by atoms with Crippen molar-refractivity contribution in [2.45, 2.75) is 58.7 Å². The molecule has 0 aliphatic rings. The number of carbonyl (C=O) groups excluding carboxylic acids is 1. The van der Waals surface area contributed by atoms with E-state index in [2.05, 4.69) is 19.1 Å². The minimum absolute atomic E-state index is 0.0190. The van der Waals surface area contributed by atoms with Crippen LogP contribution in [-0.4, -0.2) is 22.9 Å². The average molecular weight is 262 g/mol. The summed E-state index contributed by atoms with van der Waals surface area (Å²) in [4.78, 5) is 14.2. The van der Waals surface area contributed by atoms with Gasteiger partial charge in [-0.3, -0.25) is 4.79 Å². The lowest BCUT2D eigenvalue weighted by Gasteiger charge is -2.28. The van der Waals surface area contributed by atoms with E-state index in [0.717, 1.165) is 18.4 Å². The number of hydrogen-bond acceptors (Lipinski definition) is 2. The van der Waals surface area contributed by atoms with Crippen LogP contribution in [0, 0.1) is 0 Å². The van der Waals surface area contributed by atoms with Crippen LogP contribution in [0.3, 0.4) is 0 Å². The summed E-state index contributed by atoms with van der Waals surface area (Å²) in [6.07, 6.45) is 2.37. The lowest BCUT2D eigenvalue weighted by atomic mass is 10.1. The fourth-order valence-corrected chi connectivity index (χ4v) is 2.15. The highest BCUT2D eigenvalue weighted by molar-refractivity contribution is 5.77. The molecule has 2 N–H and O–H groups in total. The molecule has 0 radical (unpaired) electrons. The summed E-state index contributed by atoms with van der Waals surface area (Å²) in [6, 6.07) is 10.3. The normalized spacial score (nSPS) is 12.5. The van der Waals surface area contributed by atoms with E-state index in [1.165, 1.54) is 0 Å². The second-order valence-corrected chi connectivity index (χ2v) is 5.35. The quantitative estimate of drug-likeness (QED) is 0.821. The summed E-state index contributed by atoms with van der Waals surface area (Å²) in [7, 11) is 0. The molecule has 1 atom stereocenters. The molecule has 0 aliphatic heterocycles. The van der Waals surface area contributed by atoms with Crippen LogP contribution in [0.25, 0.3) is 0 Å². The molecule has 0 bridgehead atoms. The summed E-state index contributed by atoms with van der Waals surface area (Å²) in [5.41, 5.74) is 7.13. The molecule has 1 unspecified atom stereocenters. The topological polar surface area (TPSA) is 46.3 Å². The third-order valence-corrected chi connectivity index (χ3v) is 3.24. The van der Waals surface area contributed by atoms with Crippen LogP contribution in [0.1, 0.15) is 45.6 Å². The van der Waals surface area contributed by atoms with E-state index >= 15 is 0 Å². The average Bonchev–Trinajstić information content (AvgIpc) is 2.36. The van der Waals surface area contributed by atoms with Gasteiger partial charge in [-0.25, -0.2) is 0 Å². The van der Waals surface area contributed by atoms with Crippen molar-refractivity contribution in [3.05, 3.63) is 35.9 Å². The van der Waals surface area contributed by atoms with Gasteiger partial charge in [0.05, 0.1) is 0 Å². The number of amides is 1. The van der Waals surface area contributed by atoms with Gasteiger partial charge in [0.2, 0.25) is 5.91 Å². The van der Waals surface area contributed by atoms with Gasteiger partial charge in [-0.15, -0.1) is 0 Å². The van der Waals surface area contributed by atoms with Crippen molar-refractivity contribution < 1.29 is 4.79 Å². The van der Waals surface area contributed by atoms with Crippen molar-refractivity contribution in [2.24, 2.45) is 5.73 Å². The van der Waals surface area contributed by atoms with E-state index in [1.54, 1.807) is 0 Å². The molecule has 0 aromatic heterocycles. The van der Waals surface area contributed by atoms with Gasteiger partial charge in [0, 0.05) is 25.0 Å². The Hall–Kier alpha value is -1.35. The Balaban J connectivity index is 2.64. The number of benzene rings is 1. The van der Waals surface area contributed by atoms with Crippen molar-refractivity contribution in [2.75, 3.05) is 0 Å². The maximum absolute atomic E-state index is 12.3. The monoisotopic (exact) mass is 262 g/mol. The van der Waals surface area contributed by atoms with Gasteiger partial charge in [0.15, 0.2) is 0 Å². The molecule has 0 saturated heterocycles. The van der Waals surface area contributed by atoms with E-state index in [-0.39, 0.29) is 18.0 Å². The summed E-state index contributed by atoms with van der Waals surface area (Å²) >= 11 is 0. The number of hydrogen-bond donors (Lipinski definition) is 1. The molecule has 3 heteroatoms. The maximum Gasteiger partial charge on any atom is 0.224 e. The molecule has 1 amide bonds. The SMILES string of the molecule is CCCC(N)CC(=O)N(Cc1ccccc1)C(C)C. The zero-order valence-electron chi connectivity index (χ0n) is 12.3. The summed E-state index contributed by atoms with van der Waals surface area (Å²) in [5, 5.41) is 0. The molecule has 1 aromatic rings. The van der Waals surface area contributed by atoms with Gasteiger partial charge in [-0.2, -0.15) is 0 Å². The fourth-order valence-electron chi connectivity index (χ4n) is 2.15. The van der Waals surface area contributed by atoms with Crippen LogP contribution >= 0.6 is 0 Å². The number of nitrogens with two attached hydrogens (primary N) is 1. The van der Waals surface area contributed by atoms with Crippen molar-refractivity contribution >= 4 is 5.91 Å². The second kappa shape index (κ2) is 7.95. The molecule has 3 nitrogen and oxygen atoms in total. The molecule has 0 heterocycles. The number of rotatable bonds is 7. The van der Waals surface area contributed by atoms with E-state index in [4.69, 9.17) is 5.73 Å². The first-order valence-corrected chi connectivity index (χ1v) is 7.13. The standard InChI is InChI=1S/C16H26N2O/c1-4-8-15(17)11-16(19)18(13(2)3)12-14-9-6-5-7-10-14/h5-7,9-10,13,15H,4,8,11-12,17H2,1-3H3.